The van der Waals surface area contributed by atoms with Gasteiger partial charge in [-0.05, 0) is 12.1 Å². The molecule has 16 heavy (non-hydrogen) atoms. The van der Waals surface area contributed by atoms with Gasteiger partial charge in [0, 0.05) is 14.1 Å². The van der Waals surface area contributed by atoms with Crippen molar-refractivity contribution in [1.29, 1.82) is 0 Å². The monoisotopic (exact) mass is 234 g/mol. The molecule has 0 aliphatic carbocycles. The summed E-state index contributed by atoms with van der Waals surface area (Å²) in [5.41, 5.74) is 7.79. The SMILES string of the molecule is CN(C)c1ccccc1Nc1ncc(N)s1. The lowest BCUT2D eigenvalue weighted by Gasteiger charge is -2.17. The second-order valence-electron chi connectivity index (χ2n) is 3.60. The van der Waals surface area contributed by atoms with Gasteiger partial charge in [0.25, 0.3) is 0 Å². The van der Waals surface area contributed by atoms with Gasteiger partial charge in [0.1, 0.15) is 5.00 Å². The Bertz CT molecular complexity index is 478. The molecule has 5 heteroatoms. The first-order chi connectivity index (χ1) is 7.66. The molecular weight excluding hydrogens is 220 g/mol. The molecule has 3 N–H and O–H groups in total. The number of rotatable bonds is 3. The van der Waals surface area contributed by atoms with E-state index < -0.39 is 0 Å². The van der Waals surface area contributed by atoms with Crippen molar-refractivity contribution >= 4 is 32.8 Å². The zero-order valence-corrected chi connectivity index (χ0v) is 10.1. The summed E-state index contributed by atoms with van der Waals surface area (Å²) in [5.74, 6) is 0. The van der Waals surface area contributed by atoms with Crippen LogP contribution in [-0.4, -0.2) is 19.1 Å². The average molecular weight is 234 g/mol. The highest BCUT2D eigenvalue weighted by Gasteiger charge is 2.05. The second kappa shape index (κ2) is 4.40. The molecule has 0 radical (unpaired) electrons. The van der Waals surface area contributed by atoms with Crippen LogP contribution in [0.15, 0.2) is 30.5 Å². The summed E-state index contributed by atoms with van der Waals surface area (Å²) in [6, 6.07) is 8.08. The van der Waals surface area contributed by atoms with Crippen LogP contribution in [-0.2, 0) is 0 Å². The maximum Gasteiger partial charge on any atom is 0.189 e. The van der Waals surface area contributed by atoms with Crippen molar-refractivity contribution in [2.24, 2.45) is 0 Å². The highest BCUT2D eigenvalue weighted by atomic mass is 32.1. The molecule has 0 saturated carbocycles. The Balaban J connectivity index is 2.27. The third kappa shape index (κ3) is 2.25. The van der Waals surface area contributed by atoms with Crippen molar-refractivity contribution in [2.45, 2.75) is 0 Å². The summed E-state index contributed by atoms with van der Waals surface area (Å²) in [6.45, 7) is 0. The van der Waals surface area contributed by atoms with E-state index in [-0.39, 0.29) is 0 Å². The maximum atomic E-state index is 5.64. The van der Waals surface area contributed by atoms with Gasteiger partial charge in [-0.3, -0.25) is 0 Å². The third-order valence-electron chi connectivity index (χ3n) is 2.15. The molecule has 0 aliphatic heterocycles. The molecular formula is C11H14N4S. The van der Waals surface area contributed by atoms with E-state index in [1.54, 1.807) is 6.20 Å². The number of nitrogens with zero attached hydrogens (tertiary/aromatic N) is 2. The van der Waals surface area contributed by atoms with Gasteiger partial charge in [-0.25, -0.2) is 4.98 Å². The lowest BCUT2D eigenvalue weighted by atomic mass is 10.2. The molecule has 0 bridgehead atoms. The van der Waals surface area contributed by atoms with Gasteiger partial charge in [0.05, 0.1) is 17.6 Å². The van der Waals surface area contributed by atoms with Crippen molar-refractivity contribution < 1.29 is 0 Å². The van der Waals surface area contributed by atoms with Crippen LogP contribution in [0.2, 0.25) is 0 Å². The minimum absolute atomic E-state index is 0.713. The largest absolute Gasteiger partial charge is 0.389 e. The van der Waals surface area contributed by atoms with Crippen LogP contribution < -0.4 is 16.0 Å². The summed E-state index contributed by atoms with van der Waals surface area (Å²) in [7, 11) is 4.02. The molecule has 0 fully saturated rings. The highest BCUT2D eigenvalue weighted by molar-refractivity contribution is 7.19. The fourth-order valence-electron chi connectivity index (χ4n) is 1.43. The predicted octanol–water partition coefficient (Wildman–Crippen LogP) is 2.53. The van der Waals surface area contributed by atoms with Gasteiger partial charge in [0.15, 0.2) is 5.13 Å². The normalized spacial score (nSPS) is 10.1. The average Bonchev–Trinajstić information content (AvgIpc) is 2.64. The number of nitrogen functional groups attached to an aromatic ring is 1. The van der Waals surface area contributed by atoms with E-state index in [2.05, 4.69) is 21.3 Å². The number of thiazole rings is 1. The minimum atomic E-state index is 0.713. The Labute approximate surface area is 98.7 Å². The summed E-state index contributed by atoms with van der Waals surface area (Å²) in [5, 5.41) is 4.79. The van der Waals surface area contributed by atoms with Crippen molar-refractivity contribution in [3.05, 3.63) is 30.5 Å². The molecule has 0 spiro atoms. The van der Waals surface area contributed by atoms with Crippen LogP contribution in [0.3, 0.4) is 0 Å². The third-order valence-corrected chi connectivity index (χ3v) is 2.89. The molecule has 0 aliphatic rings. The maximum absolute atomic E-state index is 5.64. The first-order valence-electron chi connectivity index (χ1n) is 4.91. The molecule has 2 aromatic rings. The van der Waals surface area contributed by atoms with E-state index in [1.807, 2.05) is 32.3 Å². The van der Waals surface area contributed by atoms with Crippen LogP contribution in [0.25, 0.3) is 0 Å². The fraction of sp³-hybridized carbons (Fsp3) is 0.182. The molecule has 2 rings (SSSR count). The molecule has 84 valence electrons. The second-order valence-corrected chi connectivity index (χ2v) is 4.67. The molecule has 1 aromatic carbocycles. The summed E-state index contributed by atoms with van der Waals surface area (Å²) < 4.78 is 0. The van der Waals surface area contributed by atoms with E-state index in [0.717, 1.165) is 16.5 Å². The predicted molar refractivity (Wildman–Crippen MR) is 70.6 cm³/mol. The number of benzene rings is 1. The van der Waals surface area contributed by atoms with E-state index in [1.165, 1.54) is 11.3 Å². The lowest BCUT2D eigenvalue weighted by molar-refractivity contribution is 1.13. The molecule has 4 nitrogen and oxygen atoms in total. The molecule has 0 saturated heterocycles. The Hall–Kier alpha value is -1.75. The summed E-state index contributed by atoms with van der Waals surface area (Å²) in [6.07, 6.45) is 1.66. The summed E-state index contributed by atoms with van der Waals surface area (Å²) >= 11 is 1.44. The smallest absolute Gasteiger partial charge is 0.189 e. The first-order valence-corrected chi connectivity index (χ1v) is 5.73. The lowest BCUT2D eigenvalue weighted by Crippen LogP contribution is -2.10. The van der Waals surface area contributed by atoms with Gasteiger partial charge in [-0.1, -0.05) is 23.5 Å². The standard InChI is InChI=1S/C11H14N4S/c1-15(2)9-6-4-3-5-8(9)14-11-13-7-10(12)16-11/h3-7H,12H2,1-2H3,(H,13,14). The van der Waals surface area contributed by atoms with Gasteiger partial charge in [-0.2, -0.15) is 0 Å². The van der Waals surface area contributed by atoms with Crippen molar-refractivity contribution in [2.75, 3.05) is 30.0 Å². The Morgan fingerprint density at radius 1 is 1.31 bits per heavy atom. The zero-order valence-electron chi connectivity index (χ0n) is 9.27. The molecule has 1 heterocycles. The molecule has 1 aromatic heterocycles. The van der Waals surface area contributed by atoms with E-state index in [4.69, 9.17) is 5.73 Å². The minimum Gasteiger partial charge on any atom is -0.389 e. The quantitative estimate of drug-likeness (QED) is 0.857. The van der Waals surface area contributed by atoms with Crippen LogP contribution in [0.4, 0.5) is 21.5 Å². The van der Waals surface area contributed by atoms with E-state index >= 15 is 0 Å². The van der Waals surface area contributed by atoms with Gasteiger partial charge in [-0.15, -0.1) is 0 Å². The van der Waals surface area contributed by atoms with Crippen LogP contribution in [0, 0.1) is 0 Å². The van der Waals surface area contributed by atoms with Gasteiger partial charge >= 0.3 is 0 Å². The number of aromatic nitrogens is 1. The number of nitrogens with one attached hydrogen (secondary N) is 1. The van der Waals surface area contributed by atoms with E-state index in [9.17, 15) is 0 Å². The van der Waals surface area contributed by atoms with Crippen LogP contribution >= 0.6 is 11.3 Å². The number of anilines is 4. The molecule has 0 unspecified atom stereocenters. The Morgan fingerprint density at radius 2 is 2.06 bits per heavy atom. The Kier molecular flexibility index (Phi) is 2.96. The van der Waals surface area contributed by atoms with Crippen molar-refractivity contribution in [3.8, 4) is 0 Å². The van der Waals surface area contributed by atoms with Crippen molar-refractivity contribution in [1.82, 2.24) is 4.98 Å². The molecule has 0 amide bonds. The number of hydrogen-bond donors (Lipinski definition) is 2. The number of para-hydroxylation sites is 2. The Morgan fingerprint density at radius 3 is 2.69 bits per heavy atom. The fourth-order valence-corrected chi connectivity index (χ4v) is 2.02. The number of nitrogens with two attached hydrogens (primary N) is 1. The first kappa shape index (κ1) is 10.8. The van der Waals surface area contributed by atoms with Gasteiger partial charge < -0.3 is 16.0 Å². The highest BCUT2D eigenvalue weighted by Crippen LogP contribution is 2.29. The van der Waals surface area contributed by atoms with Crippen molar-refractivity contribution in [3.63, 3.8) is 0 Å². The topological polar surface area (TPSA) is 54.2 Å². The summed E-state index contributed by atoms with van der Waals surface area (Å²) in [4.78, 5) is 6.23. The van der Waals surface area contributed by atoms with Crippen LogP contribution in [0.1, 0.15) is 0 Å². The number of hydrogen-bond acceptors (Lipinski definition) is 5. The zero-order chi connectivity index (χ0) is 11.5. The van der Waals surface area contributed by atoms with Crippen LogP contribution in [0.5, 0.6) is 0 Å². The van der Waals surface area contributed by atoms with Gasteiger partial charge in [0.2, 0.25) is 0 Å². The van der Waals surface area contributed by atoms with E-state index in [0.29, 0.717) is 5.00 Å². The molecule has 0 atom stereocenters.